The lowest BCUT2D eigenvalue weighted by atomic mass is 9.73. The molecule has 2 atom stereocenters. The van der Waals surface area contributed by atoms with E-state index in [0.717, 1.165) is 58.2 Å². The van der Waals surface area contributed by atoms with Gasteiger partial charge in [-0.3, -0.25) is 15.0 Å². The fourth-order valence-electron chi connectivity index (χ4n) is 5.96. The Labute approximate surface area is 194 Å². The maximum absolute atomic E-state index is 12.9. The average Bonchev–Trinajstić information content (AvgIpc) is 3.18. The summed E-state index contributed by atoms with van der Waals surface area (Å²) in [6, 6.07) is 13.4. The minimum absolute atomic E-state index is 0.0450. The van der Waals surface area contributed by atoms with Gasteiger partial charge in [0.05, 0.1) is 10.5 Å². The maximum atomic E-state index is 12.9. The molecule has 2 unspecified atom stereocenters. The zero-order valence-corrected chi connectivity index (χ0v) is 19.1. The van der Waals surface area contributed by atoms with Gasteiger partial charge in [-0.25, -0.2) is 4.79 Å². The zero-order valence-electron chi connectivity index (χ0n) is 19.1. The molecule has 2 aliphatic heterocycles. The van der Waals surface area contributed by atoms with E-state index in [0.29, 0.717) is 5.56 Å². The number of hydrogen-bond donors (Lipinski definition) is 1. The predicted octanol–water partition coefficient (Wildman–Crippen LogP) is 4.83. The number of anilines is 1. The van der Waals surface area contributed by atoms with Gasteiger partial charge in [-0.2, -0.15) is 0 Å². The Morgan fingerprint density at radius 2 is 1.91 bits per heavy atom. The smallest absolute Gasteiger partial charge is 0.338 e. The van der Waals surface area contributed by atoms with Crippen LogP contribution in [0.2, 0.25) is 0 Å². The van der Waals surface area contributed by atoms with Crippen LogP contribution in [0, 0.1) is 17.0 Å². The number of likely N-dealkylation sites (tertiary alicyclic amines) is 1. The van der Waals surface area contributed by atoms with Crippen molar-refractivity contribution in [2.24, 2.45) is 0 Å². The van der Waals surface area contributed by atoms with Crippen LogP contribution in [0.15, 0.2) is 42.5 Å². The Kier molecular flexibility index (Phi) is 5.83. The molecule has 2 aromatic rings. The molecule has 1 saturated heterocycles. The number of carbonyl (C=O) groups is 1. The van der Waals surface area contributed by atoms with Crippen LogP contribution in [0.3, 0.4) is 0 Å². The third-order valence-electron chi connectivity index (χ3n) is 7.91. The van der Waals surface area contributed by atoms with E-state index in [4.69, 9.17) is 4.74 Å². The number of benzene rings is 2. The number of esters is 1. The van der Waals surface area contributed by atoms with Gasteiger partial charge in [0.1, 0.15) is 6.10 Å². The molecular weight excluding hydrogens is 418 g/mol. The van der Waals surface area contributed by atoms with Crippen LogP contribution in [0.25, 0.3) is 0 Å². The molecule has 0 radical (unpaired) electrons. The summed E-state index contributed by atoms with van der Waals surface area (Å²) in [4.78, 5) is 26.2. The predicted molar refractivity (Wildman–Crippen MR) is 127 cm³/mol. The summed E-state index contributed by atoms with van der Waals surface area (Å²) in [5.41, 5.74) is 3.66. The van der Waals surface area contributed by atoms with E-state index in [1.165, 1.54) is 17.3 Å². The Balaban J connectivity index is 1.27. The minimum atomic E-state index is -0.461. The van der Waals surface area contributed by atoms with Gasteiger partial charge < -0.3 is 10.1 Å². The Morgan fingerprint density at radius 3 is 2.70 bits per heavy atom. The van der Waals surface area contributed by atoms with Crippen molar-refractivity contribution in [1.82, 2.24) is 4.90 Å². The molecule has 1 aliphatic carbocycles. The first kappa shape index (κ1) is 21.9. The fraction of sp³-hybridized carbons (Fsp3) is 0.500. The Hall–Kier alpha value is -2.93. The van der Waals surface area contributed by atoms with Gasteiger partial charge in [0.15, 0.2) is 0 Å². The van der Waals surface area contributed by atoms with Crippen LogP contribution in [-0.4, -0.2) is 47.6 Å². The number of para-hydroxylation sites is 1. The first-order valence-corrected chi connectivity index (χ1v) is 12.0. The maximum Gasteiger partial charge on any atom is 0.338 e. The number of carbonyl (C=O) groups excluding carboxylic acids is 1. The molecule has 0 bridgehead atoms. The summed E-state index contributed by atoms with van der Waals surface area (Å²) in [5.74, 6) is -0.461. The molecule has 33 heavy (non-hydrogen) atoms. The SMILES string of the molecule is Cc1ccc(C(=O)OC2CCCCC2N2CCC3(CC2)CNc2ccccc23)cc1[N+](=O)[O-]. The van der Waals surface area contributed by atoms with Crippen LogP contribution >= 0.6 is 0 Å². The van der Waals surface area contributed by atoms with E-state index in [1.54, 1.807) is 19.1 Å². The molecule has 2 heterocycles. The second-order valence-corrected chi connectivity index (χ2v) is 9.77. The number of hydrogen-bond acceptors (Lipinski definition) is 6. The molecule has 1 saturated carbocycles. The Bertz CT molecular complexity index is 1060. The molecule has 2 aromatic carbocycles. The topological polar surface area (TPSA) is 84.7 Å². The van der Waals surface area contributed by atoms with Gasteiger partial charge in [-0.15, -0.1) is 0 Å². The molecule has 174 valence electrons. The number of ether oxygens (including phenoxy) is 1. The van der Waals surface area contributed by atoms with Crippen LogP contribution < -0.4 is 5.32 Å². The highest BCUT2D eigenvalue weighted by Crippen LogP contribution is 2.44. The lowest BCUT2D eigenvalue weighted by Crippen LogP contribution is -2.53. The van der Waals surface area contributed by atoms with E-state index in [9.17, 15) is 14.9 Å². The molecule has 3 aliphatic rings. The van der Waals surface area contributed by atoms with Crippen LogP contribution in [-0.2, 0) is 10.2 Å². The summed E-state index contributed by atoms with van der Waals surface area (Å²) in [5, 5.41) is 14.9. The van der Waals surface area contributed by atoms with Crippen molar-refractivity contribution in [3.05, 3.63) is 69.3 Å². The zero-order chi connectivity index (χ0) is 23.0. The molecule has 0 amide bonds. The van der Waals surface area contributed by atoms with Crippen LogP contribution in [0.1, 0.15) is 60.0 Å². The summed E-state index contributed by atoms with van der Waals surface area (Å²) in [6.45, 7) is 4.65. The first-order valence-electron chi connectivity index (χ1n) is 12.0. The highest BCUT2D eigenvalue weighted by molar-refractivity contribution is 5.90. The highest BCUT2D eigenvalue weighted by Gasteiger charge is 2.44. The summed E-state index contributed by atoms with van der Waals surface area (Å²) in [6.07, 6.45) is 6.06. The first-order chi connectivity index (χ1) is 16.0. The summed E-state index contributed by atoms with van der Waals surface area (Å²) >= 11 is 0. The van der Waals surface area contributed by atoms with Gasteiger partial charge >= 0.3 is 5.97 Å². The molecule has 7 heteroatoms. The van der Waals surface area contributed by atoms with Crippen molar-refractivity contribution in [1.29, 1.82) is 0 Å². The number of nitrogens with zero attached hydrogens (tertiary/aromatic N) is 2. The van der Waals surface area contributed by atoms with Crippen molar-refractivity contribution in [3.8, 4) is 0 Å². The number of nitrogens with one attached hydrogen (secondary N) is 1. The van der Waals surface area contributed by atoms with Gasteiger partial charge in [0.2, 0.25) is 0 Å². The van der Waals surface area contributed by atoms with Crippen LogP contribution in [0.5, 0.6) is 0 Å². The molecule has 0 aromatic heterocycles. The Morgan fingerprint density at radius 1 is 1.15 bits per heavy atom. The highest BCUT2D eigenvalue weighted by atomic mass is 16.6. The van der Waals surface area contributed by atoms with Gasteiger partial charge in [0.25, 0.3) is 5.69 Å². The third kappa shape index (κ3) is 4.10. The summed E-state index contributed by atoms with van der Waals surface area (Å²) in [7, 11) is 0. The van der Waals surface area contributed by atoms with E-state index in [1.807, 2.05) is 0 Å². The number of aryl methyl sites for hydroxylation is 1. The number of rotatable bonds is 4. The fourth-order valence-corrected chi connectivity index (χ4v) is 5.96. The number of piperidine rings is 1. The lowest BCUT2D eigenvalue weighted by molar-refractivity contribution is -0.385. The van der Waals surface area contributed by atoms with E-state index < -0.39 is 10.9 Å². The van der Waals surface area contributed by atoms with Crippen molar-refractivity contribution in [2.45, 2.75) is 63.0 Å². The quantitative estimate of drug-likeness (QED) is 0.409. The van der Waals surface area contributed by atoms with Crippen LogP contribution in [0.4, 0.5) is 11.4 Å². The molecule has 5 rings (SSSR count). The molecule has 2 fully saturated rings. The monoisotopic (exact) mass is 449 g/mol. The molecule has 1 spiro atoms. The lowest BCUT2D eigenvalue weighted by Gasteiger charge is -2.46. The molecular formula is C26H31N3O4. The number of fused-ring (bicyclic) bond motifs is 2. The number of nitro benzene ring substituents is 1. The average molecular weight is 450 g/mol. The van der Waals surface area contributed by atoms with Crippen molar-refractivity contribution < 1.29 is 14.5 Å². The minimum Gasteiger partial charge on any atom is -0.457 e. The van der Waals surface area contributed by atoms with Crippen molar-refractivity contribution in [2.75, 3.05) is 25.0 Å². The largest absolute Gasteiger partial charge is 0.457 e. The van der Waals surface area contributed by atoms with Crippen molar-refractivity contribution >= 4 is 17.3 Å². The molecule has 1 N–H and O–H groups in total. The van der Waals surface area contributed by atoms with E-state index >= 15 is 0 Å². The molecule has 7 nitrogen and oxygen atoms in total. The van der Waals surface area contributed by atoms with E-state index in [-0.39, 0.29) is 28.8 Å². The number of nitro groups is 1. The van der Waals surface area contributed by atoms with E-state index in [2.05, 4.69) is 34.5 Å². The normalized spacial score (nSPS) is 24.2. The van der Waals surface area contributed by atoms with Gasteiger partial charge in [0, 0.05) is 35.3 Å². The second kappa shape index (κ2) is 8.78. The third-order valence-corrected chi connectivity index (χ3v) is 7.91. The van der Waals surface area contributed by atoms with Crippen molar-refractivity contribution in [3.63, 3.8) is 0 Å². The second-order valence-electron chi connectivity index (χ2n) is 9.77. The van der Waals surface area contributed by atoms with Gasteiger partial charge in [-0.05, 0) is 69.8 Å². The standard InChI is InChI=1S/C26H31N3O4/c1-18-10-11-19(16-23(18)29(31)32)25(30)33-24-9-5-4-8-22(24)28-14-12-26(13-15-28)17-27-21-7-3-2-6-20(21)26/h2-3,6-7,10-11,16,22,24,27H,4-5,8-9,12-15,17H2,1H3. The summed E-state index contributed by atoms with van der Waals surface area (Å²) < 4.78 is 5.98. The van der Waals surface area contributed by atoms with Gasteiger partial charge in [-0.1, -0.05) is 30.7 Å².